The largest absolute Gasteiger partial charge is 0.0995 e. The van der Waals surface area contributed by atoms with E-state index in [1.54, 1.807) is 0 Å². The molecule has 0 saturated carbocycles. The summed E-state index contributed by atoms with van der Waals surface area (Å²) in [6.07, 6.45) is 0. The van der Waals surface area contributed by atoms with Gasteiger partial charge >= 0.3 is 0 Å². The lowest BCUT2D eigenvalue weighted by atomic mass is 10.2. The van der Waals surface area contributed by atoms with E-state index >= 15 is 0 Å². The highest BCUT2D eigenvalue weighted by atomic mass is 35.5. The summed E-state index contributed by atoms with van der Waals surface area (Å²) in [6.45, 7) is 4.17. The number of hydrogen-bond acceptors (Lipinski definition) is 0. The van der Waals surface area contributed by atoms with E-state index in [1.165, 1.54) is 15.9 Å². The zero-order valence-electron chi connectivity index (χ0n) is 8.99. The van der Waals surface area contributed by atoms with E-state index < -0.39 is 9.52 Å². The van der Waals surface area contributed by atoms with Gasteiger partial charge in [0, 0.05) is 5.02 Å². The van der Waals surface area contributed by atoms with Crippen LogP contribution in [0, 0.1) is 0 Å². The molecule has 0 aliphatic rings. The summed E-state index contributed by atoms with van der Waals surface area (Å²) >= 11 is 5.86. The van der Waals surface area contributed by atoms with E-state index in [0.29, 0.717) is 0 Å². The summed E-state index contributed by atoms with van der Waals surface area (Å²) < 4.78 is 0. The van der Waals surface area contributed by atoms with Gasteiger partial charge in [0.15, 0.2) is 0 Å². The second kappa shape index (κ2) is 5.15. The Hall–Kier alpha value is -1.31. The van der Waals surface area contributed by atoms with Gasteiger partial charge in [-0.3, -0.25) is 0 Å². The molecule has 0 atom stereocenters. The fourth-order valence-electron chi connectivity index (χ4n) is 1.63. The molecule has 0 bridgehead atoms. The van der Waals surface area contributed by atoms with E-state index in [9.17, 15) is 0 Å². The minimum absolute atomic E-state index is 0.435. The SMILES string of the molecule is C=C([SiH2]c1ccccc1)c1ccc(Cl)cc1. The normalized spacial score (nSPS) is 10.8. The van der Waals surface area contributed by atoms with Gasteiger partial charge in [-0.2, -0.15) is 0 Å². The molecule has 0 aromatic heterocycles. The summed E-state index contributed by atoms with van der Waals surface area (Å²) in [5.74, 6) is 0. The summed E-state index contributed by atoms with van der Waals surface area (Å²) in [5.41, 5.74) is 1.21. The van der Waals surface area contributed by atoms with Crippen LogP contribution in [0.2, 0.25) is 5.02 Å². The summed E-state index contributed by atoms with van der Waals surface area (Å²) in [6, 6.07) is 18.5. The smallest absolute Gasteiger partial charge is 0.0875 e. The van der Waals surface area contributed by atoms with Gasteiger partial charge < -0.3 is 0 Å². The van der Waals surface area contributed by atoms with Crippen molar-refractivity contribution in [2.45, 2.75) is 0 Å². The molecule has 0 spiro atoms. The van der Waals surface area contributed by atoms with E-state index in [1.807, 2.05) is 30.3 Å². The second-order valence-electron chi connectivity index (χ2n) is 3.77. The molecule has 2 rings (SSSR count). The molecule has 80 valence electrons. The lowest BCUT2D eigenvalue weighted by Crippen LogP contribution is -2.14. The molecule has 0 aliphatic carbocycles. The van der Waals surface area contributed by atoms with E-state index in [0.717, 1.165) is 5.02 Å². The van der Waals surface area contributed by atoms with Crippen LogP contribution in [-0.4, -0.2) is 9.52 Å². The Morgan fingerprint density at radius 3 is 2.19 bits per heavy atom. The highest BCUT2D eigenvalue weighted by molar-refractivity contribution is 6.72. The number of benzene rings is 2. The predicted molar refractivity (Wildman–Crippen MR) is 75.1 cm³/mol. The van der Waals surface area contributed by atoms with Crippen LogP contribution < -0.4 is 5.19 Å². The van der Waals surface area contributed by atoms with Crippen LogP contribution in [0.3, 0.4) is 0 Å². The van der Waals surface area contributed by atoms with Gasteiger partial charge in [-0.1, -0.05) is 71.0 Å². The van der Waals surface area contributed by atoms with Crippen molar-refractivity contribution >= 4 is 31.5 Å². The van der Waals surface area contributed by atoms with Crippen molar-refractivity contribution in [1.82, 2.24) is 0 Å². The fourth-order valence-corrected chi connectivity index (χ4v) is 3.20. The molecule has 2 aromatic rings. The summed E-state index contributed by atoms with van der Waals surface area (Å²) in [4.78, 5) is 0. The Balaban J connectivity index is 2.12. The Kier molecular flexibility index (Phi) is 3.60. The molecular formula is C14H13ClSi. The van der Waals surface area contributed by atoms with Gasteiger partial charge in [-0.05, 0) is 17.7 Å². The zero-order chi connectivity index (χ0) is 11.4. The van der Waals surface area contributed by atoms with Crippen LogP contribution in [0.4, 0.5) is 0 Å². The summed E-state index contributed by atoms with van der Waals surface area (Å²) in [7, 11) is -0.435. The third-order valence-corrected chi connectivity index (χ3v) is 4.48. The van der Waals surface area contributed by atoms with Crippen LogP contribution in [0.15, 0.2) is 61.2 Å². The number of rotatable bonds is 3. The maximum absolute atomic E-state index is 5.86. The average Bonchev–Trinajstić information content (AvgIpc) is 2.31. The highest BCUT2D eigenvalue weighted by Crippen LogP contribution is 2.15. The molecule has 2 aromatic carbocycles. The van der Waals surface area contributed by atoms with Gasteiger partial charge in [0.25, 0.3) is 0 Å². The van der Waals surface area contributed by atoms with Crippen molar-refractivity contribution in [2.24, 2.45) is 0 Å². The Morgan fingerprint density at radius 2 is 1.56 bits per heavy atom. The third kappa shape index (κ3) is 2.84. The van der Waals surface area contributed by atoms with Crippen LogP contribution >= 0.6 is 11.6 Å². The van der Waals surface area contributed by atoms with Crippen molar-refractivity contribution in [3.63, 3.8) is 0 Å². The van der Waals surface area contributed by atoms with Crippen LogP contribution in [-0.2, 0) is 0 Å². The van der Waals surface area contributed by atoms with Gasteiger partial charge in [0.05, 0.1) is 9.52 Å². The first-order chi connectivity index (χ1) is 7.75. The first-order valence-electron chi connectivity index (χ1n) is 5.23. The molecule has 0 unspecified atom stereocenters. The van der Waals surface area contributed by atoms with Crippen molar-refractivity contribution < 1.29 is 0 Å². The molecular weight excluding hydrogens is 232 g/mol. The Labute approximate surface area is 103 Å². The van der Waals surface area contributed by atoms with Gasteiger partial charge in [-0.15, -0.1) is 0 Å². The quantitative estimate of drug-likeness (QED) is 0.729. The molecule has 0 heterocycles. The molecule has 16 heavy (non-hydrogen) atoms. The third-order valence-electron chi connectivity index (χ3n) is 2.51. The van der Waals surface area contributed by atoms with Crippen molar-refractivity contribution in [3.8, 4) is 0 Å². The molecule has 0 saturated heterocycles. The average molecular weight is 245 g/mol. The fraction of sp³-hybridized carbons (Fsp3) is 0. The standard InChI is InChI=1S/C14H13ClSi/c1-11(12-7-9-13(15)10-8-12)16-14-5-3-2-4-6-14/h2-10H,1,16H2. The molecule has 2 heteroatoms. The Bertz CT molecular complexity index is 474. The first-order valence-corrected chi connectivity index (χ1v) is 7.02. The van der Waals surface area contributed by atoms with Crippen molar-refractivity contribution in [2.75, 3.05) is 0 Å². The monoisotopic (exact) mass is 244 g/mol. The number of halogens is 1. The predicted octanol–water partition coefficient (Wildman–Crippen LogP) is 2.81. The van der Waals surface area contributed by atoms with E-state index in [-0.39, 0.29) is 0 Å². The Morgan fingerprint density at radius 1 is 0.938 bits per heavy atom. The molecule has 0 amide bonds. The van der Waals surface area contributed by atoms with E-state index in [4.69, 9.17) is 11.6 Å². The van der Waals surface area contributed by atoms with Crippen molar-refractivity contribution in [3.05, 3.63) is 71.8 Å². The minimum Gasteiger partial charge on any atom is -0.0995 e. The molecule has 0 nitrogen and oxygen atoms in total. The minimum atomic E-state index is -0.435. The number of hydrogen-bond donors (Lipinski definition) is 0. The van der Waals surface area contributed by atoms with Gasteiger partial charge in [0.2, 0.25) is 0 Å². The second-order valence-corrected chi connectivity index (χ2v) is 6.23. The van der Waals surface area contributed by atoms with Crippen LogP contribution in [0.25, 0.3) is 5.20 Å². The van der Waals surface area contributed by atoms with Gasteiger partial charge in [-0.25, -0.2) is 0 Å². The van der Waals surface area contributed by atoms with Gasteiger partial charge in [0.1, 0.15) is 0 Å². The van der Waals surface area contributed by atoms with Crippen LogP contribution in [0.1, 0.15) is 5.56 Å². The van der Waals surface area contributed by atoms with E-state index in [2.05, 4.69) is 30.8 Å². The lowest BCUT2D eigenvalue weighted by molar-refractivity contribution is 1.65. The maximum Gasteiger partial charge on any atom is 0.0875 e. The molecule has 0 radical (unpaired) electrons. The van der Waals surface area contributed by atoms with Crippen LogP contribution in [0.5, 0.6) is 0 Å². The molecule has 0 N–H and O–H groups in total. The summed E-state index contributed by atoms with van der Waals surface area (Å²) in [5, 5.41) is 3.45. The highest BCUT2D eigenvalue weighted by Gasteiger charge is 2.01. The molecule has 0 aliphatic heterocycles. The maximum atomic E-state index is 5.86. The molecule has 0 fully saturated rings. The lowest BCUT2D eigenvalue weighted by Gasteiger charge is -2.05. The van der Waals surface area contributed by atoms with Crippen molar-refractivity contribution in [1.29, 1.82) is 0 Å². The first kappa shape index (κ1) is 11.2. The zero-order valence-corrected chi connectivity index (χ0v) is 11.2. The topological polar surface area (TPSA) is 0 Å².